The molecule has 0 aliphatic heterocycles. The van der Waals surface area contributed by atoms with Crippen LogP contribution in [0, 0.1) is 29.1 Å². The summed E-state index contributed by atoms with van der Waals surface area (Å²) in [7, 11) is 0. The van der Waals surface area contributed by atoms with Crippen LogP contribution in [0.2, 0.25) is 0 Å². The SMILES string of the molecule is C=C1/C(=C\C=C2/CCC[C@]3(C)[C@@H]([C@H](C)/C=C/C(O)C4CCCC4)CC[C@@H]23)C[C@@H](O)C[C@@H]1O. The molecule has 3 N–H and O–H groups in total. The molecule has 0 aromatic carbocycles. The molecule has 4 rings (SSSR count). The molecule has 4 aliphatic carbocycles. The fourth-order valence-electron chi connectivity index (χ4n) is 7.49. The van der Waals surface area contributed by atoms with E-state index in [0.29, 0.717) is 41.9 Å². The average molecular weight is 441 g/mol. The maximum Gasteiger partial charge on any atom is 0.0811 e. The Labute approximate surface area is 195 Å². The van der Waals surface area contributed by atoms with Gasteiger partial charge in [-0.25, -0.2) is 0 Å². The molecule has 3 nitrogen and oxygen atoms in total. The highest BCUT2D eigenvalue weighted by molar-refractivity contribution is 5.38. The second-order valence-corrected chi connectivity index (χ2v) is 11.4. The van der Waals surface area contributed by atoms with E-state index in [1.165, 1.54) is 51.4 Å². The van der Waals surface area contributed by atoms with Gasteiger partial charge in [0.2, 0.25) is 0 Å². The summed E-state index contributed by atoms with van der Waals surface area (Å²) in [6.07, 6.45) is 19.5. The van der Waals surface area contributed by atoms with E-state index in [4.69, 9.17) is 0 Å². The van der Waals surface area contributed by atoms with Gasteiger partial charge in [0.05, 0.1) is 18.3 Å². The van der Waals surface area contributed by atoms with E-state index in [-0.39, 0.29) is 6.10 Å². The van der Waals surface area contributed by atoms with Gasteiger partial charge in [-0.1, -0.05) is 63.1 Å². The lowest BCUT2D eigenvalue weighted by atomic mass is 9.61. The molecule has 0 bridgehead atoms. The fourth-order valence-corrected chi connectivity index (χ4v) is 7.49. The number of hydrogen-bond donors (Lipinski definition) is 3. The van der Waals surface area contributed by atoms with Crippen LogP contribution in [0.1, 0.15) is 84.5 Å². The molecule has 0 aromatic rings. The van der Waals surface area contributed by atoms with Gasteiger partial charge in [-0.15, -0.1) is 0 Å². The van der Waals surface area contributed by atoms with Crippen LogP contribution in [-0.2, 0) is 0 Å². The molecule has 0 saturated heterocycles. The normalized spacial score (nSPS) is 41.0. The van der Waals surface area contributed by atoms with E-state index < -0.39 is 12.2 Å². The average Bonchev–Trinajstić information content (AvgIpc) is 3.41. The minimum Gasteiger partial charge on any atom is -0.393 e. The van der Waals surface area contributed by atoms with Crippen molar-refractivity contribution >= 4 is 0 Å². The van der Waals surface area contributed by atoms with Gasteiger partial charge in [0.1, 0.15) is 0 Å². The maximum absolute atomic E-state index is 10.6. The number of rotatable bonds is 5. The van der Waals surface area contributed by atoms with Crippen LogP contribution in [-0.4, -0.2) is 33.6 Å². The van der Waals surface area contributed by atoms with Crippen molar-refractivity contribution in [2.75, 3.05) is 0 Å². The third-order valence-corrected chi connectivity index (χ3v) is 9.43. The highest BCUT2D eigenvalue weighted by Crippen LogP contribution is 2.59. The molecule has 0 heterocycles. The number of aliphatic hydroxyl groups excluding tert-OH is 3. The number of fused-ring (bicyclic) bond motifs is 1. The first-order valence-electron chi connectivity index (χ1n) is 13.1. The molecule has 178 valence electrons. The largest absolute Gasteiger partial charge is 0.393 e. The van der Waals surface area contributed by atoms with Crippen LogP contribution in [0.5, 0.6) is 0 Å². The minimum absolute atomic E-state index is 0.271. The molecule has 32 heavy (non-hydrogen) atoms. The molecule has 4 aliphatic rings. The van der Waals surface area contributed by atoms with Crippen molar-refractivity contribution in [2.45, 2.75) is 103 Å². The molecule has 1 unspecified atom stereocenters. The Morgan fingerprint density at radius 1 is 1.03 bits per heavy atom. The topological polar surface area (TPSA) is 60.7 Å². The van der Waals surface area contributed by atoms with Crippen LogP contribution in [0.3, 0.4) is 0 Å². The lowest BCUT2D eigenvalue weighted by Crippen LogP contribution is -2.35. The lowest BCUT2D eigenvalue weighted by Gasteiger charge is -2.44. The van der Waals surface area contributed by atoms with Crippen LogP contribution in [0.15, 0.2) is 47.6 Å². The third kappa shape index (κ3) is 4.86. The van der Waals surface area contributed by atoms with Gasteiger partial charge in [0.15, 0.2) is 0 Å². The van der Waals surface area contributed by atoms with Gasteiger partial charge < -0.3 is 15.3 Å². The molecular weight excluding hydrogens is 396 g/mol. The van der Waals surface area contributed by atoms with E-state index in [2.05, 4.69) is 44.7 Å². The molecule has 0 radical (unpaired) electrons. The predicted octanol–water partition coefficient (Wildman–Crippen LogP) is 5.87. The van der Waals surface area contributed by atoms with Crippen LogP contribution < -0.4 is 0 Å². The van der Waals surface area contributed by atoms with E-state index in [1.807, 2.05) is 0 Å². The first-order chi connectivity index (χ1) is 15.3. The van der Waals surface area contributed by atoms with Gasteiger partial charge >= 0.3 is 0 Å². The Bertz CT molecular complexity index is 771. The Morgan fingerprint density at radius 2 is 1.78 bits per heavy atom. The standard InChI is InChI=1S/C29H44O3/c1-19(10-15-27(31)22-7-4-5-8-22)25-13-14-26-21(9-6-16-29(25,26)3)11-12-23-17-24(30)18-28(32)20(23)2/h10-12,15,19,22,24-28,30-32H,2,4-9,13-14,16-18H2,1,3H3/b15-10+,21-11+,23-12-/t19-,24-,25-,26+,27?,28+,29-/m1/s1. The molecule has 4 fully saturated rings. The zero-order chi connectivity index (χ0) is 22.9. The summed E-state index contributed by atoms with van der Waals surface area (Å²) in [5.74, 6) is 2.22. The molecule has 0 amide bonds. The molecule has 3 heteroatoms. The van der Waals surface area contributed by atoms with Crippen LogP contribution in [0.4, 0.5) is 0 Å². The number of aliphatic hydroxyl groups is 3. The van der Waals surface area contributed by atoms with Crippen molar-refractivity contribution in [2.24, 2.45) is 29.1 Å². The van der Waals surface area contributed by atoms with Crippen LogP contribution in [0.25, 0.3) is 0 Å². The summed E-state index contributed by atoms with van der Waals surface area (Å²) >= 11 is 0. The summed E-state index contributed by atoms with van der Waals surface area (Å²) < 4.78 is 0. The van der Waals surface area contributed by atoms with Gasteiger partial charge in [-0.2, -0.15) is 0 Å². The third-order valence-electron chi connectivity index (χ3n) is 9.43. The minimum atomic E-state index is -0.622. The number of allylic oxidation sites excluding steroid dienone is 4. The monoisotopic (exact) mass is 440 g/mol. The molecular formula is C29H44O3. The Hall–Kier alpha value is -1.16. The summed E-state index contributed by atoms with van der Waals surface area (Å²) in [5, 5.41) is 30.8. The molecule has 7 atom stereocenters. The zero-order valence-corrected chi connectivity index (χ0v) is 20.2. The molecule has 4 saturated carbocycles. The Balaban J connectivity index is 1.46. The first-order valence-corrected chi connectivity index (χ1v) is 13.1. The van der Waals surface area contributed by atoms with E-state index in [0.717, 1.165) is 17.6 Å². The van der Waals surface area contributed by atoms with E-state index >= 15 is 0 Å². The van der Waals surface area contributed by atoms with Gasteiger partial charge in [0.25, 0.3) is 0 Å². The fraction of sp³-hybridized carbons (Fsp3) is 0.724. The Kier molecular flexibility index (Phi) is 7.49. The molecule has 0 spiro atoms. The highest BCUT2D eigenvalue weighted by Gasteiger charge is 2.50. The highest BCUT2D eigenvalue weighted by atomic mass is 16.3. The van der Waals surface area contributed by atoms with Crippen molar-refractivity contribution in [3.8, 4) is 0 Å². The van der Waals surface area contributed by atoms with Crippen LogP contribution >= 0.6 is 0 Å². The smallest absolute Gasteiger partial charge is 0.0811 e. The predicted molar refractivity (Wildman–Crippen MR) is 131 cm³/mol. The zero-order valence-electron chi connectivity index (χ0n) is 20.2. The van der Waals surface area contributed by atoms with Crippen molar-refractivity contribution in [1.82, 2.24) is 0 Å². The van der Waals surface area contributed by atoms with Crippen molar-refractivity contribution in [1.29, 1.82) is 0 Å². The van der Waals surface area contributed by atoms with E-state index in [1.54, 1.807) is 5.57 Å². The van der Waals surface area contributed by atoms with Crippen molar-refractivity contribution in [3.63, 3.8) is 0 Å². The van der Waals surface area contributed by atoms with Gasteiger partial charge in [-0.05, 0) is 91.6 Å². The van der Waals surface area contributed by atoms with Gasteiger partial charge in [0, 0.05) is 6.42 Å². The summed E-state index contributed by atoms with van der Waals surface area (Å²) in [5.41, 5.74) is 3.63. The van der Waals surface area contributed by atoms with Crippen molar-refractivity contribution in [3.05, 3.63) is 47.6 Å². The van der Waals surface area contributed by atoms with Gasteiger partial charge in [-0.3, -0.25) is 0 Å². The summed E-state index contributed by atoms with van der Waals surface area (Å²) in [6.45, 7) is 8.92. The summed E-state index contributed by atoms with van der Waals surface area (Å²) in [6, 6.07) is 0. The lowest BCUT2D eigenvalue weighted by molar-refractivity contribution is 0.0862. The Morgan fingerprint density at radius 3 is 2.53 bits per heavy atom. The number of hydrogen-bond acceptors (Lipinski definition) is 3. The second-order valence-electron chi connectivity index (χ2n) is 11.4. The first kappa shape index (κ1) is 24.0. The second kappa shape index (κ2) is 9.99. The summed E-state index contributed by atoms with van der Waals surface area (Å²) in [4.78, 5) is 0. The molecule has 0 aromatic heterocycles. The quantitative estimate of drug-likeness (QED) is 0.469. The van der Waals surface area contributed by atoms with E-state index in [9.17, 15) is 15.3 Å². The van der Waals surface area contributed by atoms with Crippen molar-refractivity contribution < 1.29 is 15.3 Å². The maximum atomic E-state index is 10.6.